The molecule has 106 valence electrons. The Kier molecular flexibility index (Phi) is 5.18. The third-order valence-electron chi connectivity index (χ3n) is 3.40. The first kappa shape index (κ1) is 15.3. The molecule has 0 aromatic heterocycles. The van der Waals surface area contributed by atoms with Crippen LogP contribution in [0.1, 0.15) is 37.0 Å². The second-order valence-corrected chi connectivity index (χ2v) is 4.54. The summed E-state index contributed by atoms with van der Waals surface area (Å²) >= 11 is 0. The van der Waals surface area contributed by atoms with Gasteiger partial charge in [-0.3, -0.25) is 4.79 Å². The first-order chi connectivity index (χ1) is 8.97. The maximum atomic E-state index is 12.1. The van der Waals surface area contributed by atoms with Crippen molar-refractivity contribution in [3.8, 4) is 5.75 Å². The van der Waals surface area contributed by atoms with E-state index in [2.05, 4.69) is 5.32 Å². The molecule has 1 aromatic rings. The summed E-state index contributed by atoms with van der Waals surface area (Å²) in [5, 5.41) is 12.9. The number of hydrogen-bond acceptors (Lipinski definition) is 4. The standard InChI is InChI=1S/C14H22N2O3/c1-4-14(18,5-2)9-16-13(17)12-10(15)7-6-8-11(12)19-3/h6-8,18H,4-5,9,15H2,1-3H3,(H,16,17). The van der Waals surface area contributed by atoms with Crippen molar-refractivity contribution in [1.82, 2.24) is 5.32 Å². The lowest BCUT2D eigenvalue weighted by Crippen LogP contribution is -2.42. The van der Waals surface area contributed by atoms with Gasteiger partial charge in [0.05, 0.1) is 12.7 Å². The smallest absolute Gasteiger partial charge is 0.257 e. The van der Waals surface area contributed by atoms with Gasteiger partial charge >= 0.3 is 0 Å². The fraction of sp³-hybridized carbons (Fsp3) is 0.500. The molecule has 0 fully saturated rings. The largest absolute Gasteiger partial charge is 0.496 e. The van der Waals surface area contributed by atoms with Gasteiger partial charge in [-0.2, -0.15) is 0 Å². The molecule has 5 heteroatoms. The van der Waals surface area contributed by atoms with Gasteiger partial charge in [-0.1, -0.05) is 19.9 Å². The van der Waals surface area contributed by atoms with Crippen LogP contribution in [0.5, 0.6) is 5.75 Å². The topological polar surface area (TPSA) is 84.6 Å². The first-order valence-corrected chi connectivity index (χ1v) is 6.40. The lowest BCUT2D eigenvalue weighted by Gasteiger charge is -2.25. The minimum absolute atomic E-state index is 0.191. The van der Waals surface area contributed by atoms with Crippen LogP contribution in [0, 0.1) is 0 Å². The number of aliphatic hydroxyl groups is 1. The van der Waals surface area contributed by atoms with Gasteiger partial charge in [-0.25, -0.2) is 0 Å². The monoisotopic (exact) mass is 266 g/mol. The number of ether oxygens (including phenoxy) is 1. The molecule has 1 amide bonds. The zero-order valence-electron chi connectivity index (χ0n) is 11.7. The fourth-order valence-corrected chi connectivity index (χ4v) is 1.79. The molecule has 0 spiro atoms. The minimum atomic E-state index is -0.883. The molecule has 0 aliphatic rings. The van der Waals surface area contributed by atoms with Gasteiger partial charge in [0.2, 0.25) is 0 Å². The summed E-state index contributed by atoms with van der Waals surface area (Å²) < 4.78 is 5.13. The summed E-state index contributed by atoms with van der Waals surface area (Å²) in [5.41, 5.74) is 5.58. The quantitative estimate of drug-likeness (QED) is 0.682. The highest BCUT2D eigenvalue weighted by atomic mass is 16.5. The average molecular weight is 266 g/mol. The Hall–Kier alpha value is -1.75. The van der Waals surface area contributed by atoms with Crippen molar-refractivity contribution in [2.75, 3.05) is 19.4 Å². The number of anilines is 1. The molecular formula is C14H22N2O3. The molecule has 4 N–H and O–H groups in total. The summed E-state index contributed by atoms with van der Waals surface area (Å²) in [7, 11) is 1.49. The van der Waals surface area contributed by atoms with Crippen LogP contribution in [0.2, 0.25) is 0 Å². The number of nitrogens with two attached hydrogens (primary N) is 1. The number of benzene rings is 1. The van der Waals surface area contributed by atoms with Crippen LogP contribution in [-0.2, 0) is 0 Å². The lowest BCUT2D eigenvalue weighted by molar-refractivity contribution is 0.0313. The molecule has 5 nitrogen and oxygen atoms in total. The van der Waals surface area contributed by atoms with Crippen molar-refractivity contribution in [1.29, 1.82) is 0 Å². The Balaban J connectivity index is 2.85. The van der Waals surface area contributed by atoms with E-state index in [9.17, 15) is 9.90 Å². The number of amides is 1. The Bertz CT molecular complexity index is 442. The van der Waals surface area contributed by atoms with Gasteiger partial charge in [0.15, 0.2) is 0 Å². The van der Waals surface area contributed by atoms with Crippen molar-refractivity contribution >= 4 is 11.6 Å². The summed E-state index contributed by atoms with van der Waals surface area (Å²) in [4.78, 5) is 12.1. The van der Waals surface area contributed by atoms with Crippen LogP contribution in [0.4, 0.5) is 5.69 Å². The van der Waals surface area contributed by atoms with E-state index < -0.39 is 5.60 Å². The van der Waals surface area contributed by atoms with Gasteiger partial charge in [0.1, 0.15) is 11.3 Å². The van der Waals surface area contributed by atoms with Crippen molar-refractivity contribution < 1.29 is 14.6 Å². The van der Waals surface area contributed by atoms with Crippen LogP contribution < -0.4 is 15.8 Å². The third kappa shape index (κ3) is 3.61. The molecule has 0 saturated heterocycles. The van der Waals surface area contributed by atoms with E-state index in [1.165, 1.54) is 7.11 Å². The number of carbonyl (C=O) groups excluding carboxylic acids is 1. The van der Waals surface area contributed by atoms with Crippen molar-refractivity contribution in [2.24, 2.45) is 0 Å². The average Bonchev–Trinajstić information content (AvgIpc) is 2.44. The molecule has 0 aliphatic heterocycles. The van der Waals surface area contributed by atoms with Crippen LogP contribution in [0.15, 0.2) is 18.2 Å². The molecule has 0 saturated carbocycles. The summed E-state index contributed by atoms with van der Waals surface area (Å²) in [5.74, 6) is 0.0873. The van der Waals surface area contributed by atoms with E-state index in [-0.39, 0.29) is 12.5 Å². The molecule has 0 bridgehead atoms. The lowest BCUT2D eigenvalue weighted by atomic mass is 9.97. The van der Waals surface area contributed by atoms with Gasteiger partial charge in [-0.05, 0) is 25.0 Å². The molecule has 0 unspecified atom stereocenters. The molecule has 19 heavy (non-hydrogen) atoms. The van der Waals surface area contributed by atoms with E-state index in [4.69, 9.17) is 10.5 Å². The SMILES string of the molecule is CCC(O)(CC)CNC(=O)c1c(N)cccc1OC. The molecule has 1 aromatic carbocycles. The highest BCUT2D eigenvalue weighted by Crippen LogP contribution is 2.24. The van der Waals surface area contributed by atoms with Crippen molar-refractivity contribution in [3.05, 3.63) is 23.8 Å². The number of methoxy groups -OCH3 is 1. The number of nitrogen functional groups attached to an aromatic ring is 1. The third-order valence-corrected chi connectivity index (χ3v) is 3.40. The Morgan fingerprint density at radius 3 is 2.58 bits per heavy atom. The number of hydrogen-bond donors (Lipinski definition) is 3. The van der Waals surface area contributed by atoms with Gasteiger partial charge in [0.25, 0.3) is 5.91 Å². The Morgan fingerprint density at radius 2 is 2.05 bits per heavy atom. The van der Waals surface area contributed by atoms with Crippen molar-refractivity contribution in [3.63, 3.8) is 0 Å². The molecule has 0 radical (unpaired) electrons. The molecule has 1 rings (SSSR count). The predicted molar refractivity (Wildman–Crippen MR) is 75.3 cm³/mol. The second kappa shape index (κ2) is 6.43. The summed E-state index contributed by atoms with van der Waals surface area (Å²) in [6.45, 7) is 3.95. The summed E-state index contributed by atoms with van der Waals surface area (Å²) in [6, 6.07) is 5.04. The predicted octanol–water partition coefficient (Wildman–Crippen LogP) is 1.56. The van der Waals surface area contributed by atoms with Crippen LogP contribution in [0.3, 0.4) is 0 Å². The molecule has 0 heterocycles. The maximum absolute atomic E-state index is 12.1. The maximum Gasteiger partial charge on any atom is 0.257 e. The second-order valence-electron chi connectivity index (χ2n) is 4.54. The highest BCUT2D eigenvalue weighted by Gasteiger charge is 2.24. The van der Waals surface area contributed by atoms with Gasteiger partial charge in [-0.15, -0.1) is 0 Å². The van der Waals surface area contributed by atoms with E-state index in [1.807, 2.05) is 13.8 Å². The zero-order chi connectivity index (χ0) is 14.5. The number of nitrogens with one attached hydrogen (secondary N) is 1. The molecule has 0 atom stereocenters. The van der Waals surface area contributed by atoms with Crippen LogP contribution in [-0.4, -0.2) is 30.3 Å². The zero-order valence-corrected chi connectivity index (χ0v) is 11.7. The fourth-order valence-electron chi connectivity index (χ4n) is 1.79. The Morgan fingerprint density at radius 1 is 1.42 bits per heavy atom. The summed E-state index contributed by atoms with van der Waals surface area (Å²) in [6.07, 6.45) is 1.15. The first-order valence-electron chi connectivity index (χ1n) is 6.40. The Labute approximate surface area is 113 Å². The van der Waals surface area contributed by atoms with E-state index in [1.54, 1.807) is 18.2 Å². The highest BCUT2D eigenvalue weighted by molar-refractivity contribution is 6.01. The van der Waals surface area contributed by atoms with E-state index in [0.29, 0.717) is 29.8 Å². The van der Waals surface area contributed by atoms with Crippen molar-refractivity contribution in [2.45, 2.75) is 32.3 Å². The molecular weight excluding hydrogens is 244 g/mol. The number of carbonyl (C=O) groups is 1. The van der Waals surface area contributed by atoms with E-state index in [0.717, 1.165) is 0 Å². The van der Waals surface area contributed by atoms with Crippen LogP contribution in [0.25, 0.3) is 0 Å². The normalized spacial score (nSPS) is 11.2. The van der Waals surface area contributed by atoms with Crippen LogP contribution >= 0.6 is 0 Å². The number of rotatable bonds is 6. The minimum Gasteiger partial charge on any atom is -0.496 e. The van der Waals surface area contributed by atoms with Gasteiger partial charge in [0, 0.05) is 12.2 Å². The molecule has 0 aliphatic carbocycles. The van der Waals surface area contributed by atoms with Gasteiger partial charge < -0.3 is 20.9 Å². The van der Waals surface area contributed by atoms with E-state index >= 15 is 0 Å².